The first-order chi connectivity index (χ1) is 9.16. The van der Waals surface area contributed by atoms with Crippen LogP contribution in [0, 0.1) is 5.92 Å². The van der Waals surface area contributed by atoms with Crippen LogP contribution in [0.1, 0.15) is 31.7 Å². The Kier molecular flexibility index (Phi) is 3.42. The standard InChI is InChI=1S/C16H21NO2/c1-11(18)13-9-15-16(19)8-7-14(13)17(15)10-12-5-3-2-4-6-12/h2-6,13-16,19H,7-10H2,1H3. The Balaban J connectivity index is 1.82. The third-order valence-electron chi connectivity index (χ3n) is 4.74. The van der Waals surface area contributed by atoms with E-state index in [0.717, 1.165) is 25.8 Å². The topological polar surface area (TPSA) is 40.5 Å². The third kappa shape index (κ3) is 2.33. The number of carbonyl (C=O) groups is 1. The van der Waals surface area contributed by atoms with Crippen LogP contribution < -0.4 is 0 Å². The fourth-order valence-corrected chi connectivity index (χ4v) is 3.77. The molecule has 1 aromatic rings. The third-order valence-corrected chi connectivity index (χ3v) is 4.74. The lowest BCUT2D eigenvalue weighted by Crippen LogP contribution is -2.47. The van der Waals surface area contributed by atoms with Crippen molar-refractivity contribution in [3.8, 4) is 0 Å². The van der Waals surface area contributed by atoms with Gasteiger partial charge >= 0.3 is 0 Å². The van der Waals surface area contributed by atoms with Gasteiger partial charge < -0.3 is 5.11 Å². The van der Waals surface area contributed by atoms with Crippen molar-refractivity contribution < 1.29 is 9.90 Å². The van der Waals surface area contributed by atoms with Crippen LogP contribution in [0.2, 0.25) is 0 Å². The van der Waals surface area contributed by atoms with Crippen molar-refractivity contribution in [3.05, 3.63) is 35.9 Å². The van der Waals surface area contributed by atoms with Gasteiger partial charge in [0.1, 0.15) is 5.78 Å². The molecular weight excluding hydrogens is 238 g/mol. The van der Waals surface area contributed by atoms with Crippen molar-refractivity contribution in [1.82, 2.24) is 4.90 Å². The zero-order valence-corrected chi connectivity index (χ0v) is 11.3. The molecule has 3 heteroatoms. The number of benzene rings is 1. The minimum atomic E-state index is -0.274. The molecule has 2 saturated heterocycles. The van der Waals surface area contributed by atoms with Crippen LogP contribution in [0.25, 0.3) is 0 Å². The number of aliphatic hydroxyl groups is 1. The Morgan fingerprint density at radius 2 is 2.00 bits per heavy atom. The highest BCUT2D eigenvalue weighted by atomic mass is 16.3. The summed E-state index contributed by atoms with van der Waals surface area (Å²) in [4.78, 5) is 14.1. The molecule has 102 valence electrons. The zero-order valence-electron chi connectivity index (χ0n) is 11.3. The van der Waals surface area contributed by atoms with E-state index in [-0.39, 0.29) is 23.8 Å². The first-order valence-corrected chi connectivity index (χ1v) is 7.15. The number of aliphatic hydroxyl groups excluding tert-OH is 1. The quantitative estimate of drug-likeness (QED) is 0.902. The molecule has 3 nitrogen and oxygen atoms in total. The summed E-state index contributed by atoms with van der Waals surface area (Å²) in [6.45, 7) is 2.54. The van der Waals surface area contributed by atoms with E-state index in [2.05, 4.69) is 17.0 Å². The van der Waals surface area contributed by atoms with Gasteiger partial charge in [0.05, 0.1) is 6.10 Å². The van der Waals surface area contributed by atoms with Crippen molar-refractivity contribution in [2.75, 3.05) is 0 Å². The maximum absolute atomic E-state index is 11.8. The molecule has 2 bridgehead atoms. The van der Waals surface area contributed by atoms with Gasteiger partial charge in [0.2, 0.25) is 0 Å². The largest absolute Gasteiger partial charge is 0.391 e. The molecule has 4 unspecified atom stereocenters. The molecule has 19 heavy (non-hydrogen) atoms. The van der Waals surface area contributed by atoms with Gasteiger partial charge in [-0.3, -0.25) is 9.69 Å². The SMILES string of the molecule is CC(=O)C1CC2C(O)CCC1N2Cc1ccccc1. The Hall–Kier alpha value is -1.19. The van der Waals surface area contributed by atoms with Crippen molar-refractivity contribution >= 4 is 5.78 Å². The Morgan fingerprint density at radius 1 is 1.26 bits per heavy atom. The molecule has 1 N–H and O–H groups in total. The smallest absolute Gasteiger partial charge is 0.134 e. The van der Waals surface area contributed by atoms with E-state index in [4.69, 9.17) is 0 Å². The number of rotatable bonds is 3. The summed E-state index contributed by atoms with van der Waals surface area (Å²) in [6.07, 6.45) is 2.33. The molecule has 0 aromatic heterocycles. The van der Waals surface area contributed by atoms with Crippen molar-refractivity contribution in [2.24, 2.45) is 5.92 Å². The van der Waals surface area contributed by atoms with E-state index >= 15 is 0 Å². The fourth-order valence-electron chi connectivity index (χ4n) is 3.77. The lowest BCUT2D eigenvalue weighted by atomic mass is 9.94. The normalized spacial score (nSPS) is 34.4. The molecular formula is C16H21NO2. The Morgan fingerprint density at radius 3 is 2.68 bits per heavy atom. The maximum atomic E-state index is 11.8. The highest BCUT2D eigenvalue weighted by Gasteiger charge is 2.48. The van der Waals surface area contributed by atoms with Crippen molar-refractivity contribution in [1.29, 1.82) is 0 Å². The second-order valence-electron chi connectivity index (χ2n) is 5.89. The van der Waals surface area contributed by atoms with Crippen LogP contribution >= 0.6 is 0 Å². The van der Waals surface area contributed by atoms with E-state index in [1.165, 1.54) is 5.56 Å². The number of ketones is 1. The van der Waals surface area contributed by atoms with Crippen LogP contribution in [0.15, 0.2) is 30.3 Å². The van der Waals surface area contributed by atoms with Crippen LogP contribution in [-0.4, -0.2) is 34.0 Å². The van der Waals surface area contributed by atoms with E-state index in [1.807, 2.05) is 18.2 Å². The molecule has 0 amide bonds. The van der Waals surface area contributed by atoms with E-state index < -0.39 is 0 Å². The lowest BCUT2D eigenvalue weighted by Gasteiger charge is -2.38. The summed E-state index contributed by atoms with van der Waals surface area (Å²) < 4.78 is 0. The molecule has 0 aliphatic carbocycles. The molecule has 1 aromatic carbocycles. The first-order valence-electron chi connectivity index (χ1n) is 7.15. The monoisotopic (exact) mass is 259 g/mol. The molecule has 2 aliphatic heterocycles. The van der Waals surface area contributed by atoms with Gasteiger partial charge in [0.15, 0.2) is 0 Å². The maximum Gasteiger partial charge on any atom is 0.134 e. The molecule has 2 aliphatic rings. The number of Topliss-reactive ketones (excluding diaryl/α,β-unsaturated/α-hetero) is 1. The molecule has 4 atom stereocenters. The highest BCUT2D eigenvalue weighted by Crippen LogP contribution is 2.41. The summed E-state index contributed by atoms with van der Waals surface area (Å²) in [6, 6.07) is 10.8. The van der Waals surface area contributed by atoms with Gasteiger partial charge in [-0.05, 0) is 31.7 Å². The minimum Gasteiger partial charge on any atom is -0.391 e. The number of carbonyl (C=O) groups excluding carboxylic acids is 1. The fraction of sp³-hybridized carbons (Fsp3) is 0.562. The van der Waals surface area contributed by atoms with Crippen molar-refractivity contribution in [3.63, 3.8) is 0 Å². The second-order valence-corrected chi connectivity index (χ2v) is 5.89. The molecule has 0 saturated carbocycles. The minimum absolute atomic E-state index is 0.117. The number of hydrogen-bond acceptors (Lipinski definition) is 3. The summed E-state index contributed by atoms with van der Waals surface area (Å²) in [5, 5.41) is 10.2. The Bertz CT molecular complexity index is 459. The summed E-state index contributed by atoms with van der Waals surface area (Å²) in [7, 11) is 0. The van der Waals surface area contributed by atoms with Crippen LogP contribution in [0.3, 0.4) is 0 Å². The molecule has 2 fully saturated rings. The van der Waals surface area contributed by atoms with Gasteiger partial charge in [0.25, 0.3) is 0 Å². The summed E-state index contributed by atoms with van der Waals surface area (Å²) in [5.41, 5.74) is 1.26. The van der Waals surface area contributed by atoms with E-state index in [9.17, 15) is 9.90 Å². The van der Waals surface area contributed by atoms with Gasteiger partial charge in [0, 0.05) is 24.5 Å². The van der Waals surface area contributed by atoms with Gasteiger partial charge in [-0.15, -0.1) is 0 Å². The Labute approximate surface area is 114 Å². The summed E-state index contributed by atoms with van der Waals surface area (Å²) >= 11 is 0. The number of piperidine rings is 1. The molecule has 2 heterocycles. The van der Waals surface area contributed by atoms with E-state index in [1.54, 1.807) is 6.92 Å². The van der Waals surface area contributed by atoms with Gasteiger partial charge in [-0.25, -0.2) is 0 Å². The zero-order chi connectivity index (χ0) is 13.4. The van der Waals surface area contributed by atoms with Crippen LogP contribution in [-0.2, 0) is 11.3 Å². The van der Waals surface area contributed by atoms with Gasteiger partial charge in [-0.2, -0.15) is 0 Å². The summed E-state index contributed by atoms with van der Waals surface area (Å²) in [5.74, 6) is 0.394. The predicted octanol–water partition coefficient (Wildman–Crippen LogP) is 1.99. The second kappa shape index (κ2) is 5.06. The predicted molar refractivity (Wildman–Crippen MR) is 73.6 cm³/mol. The van der Waals surface area contributed by atoms with Crippen LogP contribution in [0.4, 0.5) is 0 Å². The average molecular weight is 259 g/mol. The van der Waals surface area contributed by atoms with Crippen molar-refractivity contribution in [2.45, 2.75) is 50.9 Å². The number of nitrogens with zero attached hydrogens (tertiary/aromatic N) is 1. The first kappa shape index (κ1) is 12.8. The van der Waals surface area contributed by atoms with E-state index in [0.29, 0.717) is 6.04 Å². The lowest BCUT2D eigenvalue weighted by molar-refractivity contribution is -0.121. The highest BCUT2D eigenvalue weighted by molar-refractivity contribution is 5.79. The molecule has 0 spiro atoms. The number of hydrogen-bond donors (Lipinski definition) is 1. The average Bonchev–Trinajstić information content (AvgIpc) is 2.66. The molecule has 0 radical (unpaired) electrons. The van der Waals surface area contributed by atoms with Gasteiger partial charge in [-0.1, -0.05) is 30.3 Å². The molecule has 3 rings (SSSR count). The van der Waals surface area contributed by atoms with Crippen LogP contribution in [0.5, 0.6) is 0 Å². The number of fused-ring (bicyclic) bond motifs is 2.